The quantitative estimate of drug-likeness (QED) is 0.835. The predicted molar refractivity (Wildman–Crippen MR) is 64.0 cm³/mol. The minimum Gasteiger partial charge on any atom is -0.307 e. The van der Waals surface area contributed by atoms with Crippen LogP contribution in [0.15, 0.2) is 28.7 Å². The van der Waals surface area contributed by atoms with Gasteiger partial charge < -0.3 is 10.1 Å². The van der Waals surface area contributed by atoms with Crippen LogP contribution < -0.4 is 5.32 Å². The lowest BCUT2D eigenvalue weighted by Gasteiger charge is -2.27. The molecule has 1 saturated heterocycles. The van der Waals surface area contributed by atoms with Gasteiger partial charge >= 0.3 is 0 Å². The average Bonchev–Trinajstić information content (AvgIpc) is 2.30. The Hall–Kier alpha value is -0.670. The molecule has 1 aliphatic rings. The molecule has 80 valence electrons. The third kappa shape index (κ3) is 2.67. The molecular weight excluding hydrogens is 254 g/mol. The molecule has 15 heavy (non-hydrogen) atoms. The molecule has 0 spiro atoms. The highest BCUT2D eigenvalue weighted by Gasteiger charge is 2.20. The van der Waals surface area contributed by atoms with E-state index in [1.165, 1.54) is 5.56 Å². The average molecular weight is 268 g/mol. The van der Waals surface area contributed by atoms with Crippen LogP contribution in [0, 0.1) is 0 Å². The van der Waals surface area contributed by atoms with Crippen molar-refractivity contribution < 1.29 is 4.79 Å². The highest BCUT2D eigenvalue weighted by molar-refractivity contribution is 9.10. The molecule has 3 heteroatoms. The number of halogens is 1. The molecule has 1 N–H and O–H groups in total. The van der Waals surface area contributed by atoms with E-state index < -0.39 is 0 Å². The number of benzene rings is 1. The van der Waals surface area contributed by atoms with Gasteiger partial charge in [0.2, 0.25) is 0 Å². The Bertz CT molecular complexity index is 328. The van der Waals surface area contributed by atoms with Gasteiger partial charge in [-0.1, -0.05) is 28.1 Å². The van der Waals surface area contributed by atoms with E-state index in [0.717, 1.165) is 30.1 Å². The molecule has 0 aromatic heterocycles. The van der Waals surface area contributed by atoms with Crippen LogP contribution in [0.25, 0.3) is 0 Å². The molecule has 1 unspecified atom stereocenters. The summed E-state index contributed by atoms with van der Waals surface area (Å²) in [5.74, 6) is 0.550. The minimum atomic E-state index is 0.0664. The zero-order valence-corrected chi connectivity index (χ0v) is 10.0. The maximum absolute atomic E-state index is 10.6. The Morgan fingerprint density at radius 2 is 2.00 bits per heavy atom. The Morgan fingerprint density at radius 3 is 2.53 bits per heavy atom. The van der Waals surface area contributed by atoms with Crippen LogP contribution in [-0.4, -0.2) is 18.9 Å². The van der Waals surface area contributed by atoms with E-state index in [4.69, 9.17) is 0 Å². The summed E-state index contributed by atoms with van der Waals surface area (Å²) < 4.78 is 1.11. The first-order chi connectivity index (χ1) is 7.29. The van der Waals surface area contributed by atoms with Crippen LogP contribution in [0.4, 0.5) is 0 Å². The standard InChI is InChI=1S/C12H14BrNO/c13-11-4-1-9(2-5-11)10-3-6-12(8-15)14-7-10/h1-2,4-5,8,10,12,14H,3,6-7H2/t10-,12?/m1/s1. The molecule has 0 radical (unpaired) electrons. The van der Waals surface area contributed by atoms with Crippen molar-refractivity contribution in [2.45, 2.75) is 24.8 Å². The maximum atomic E-state index is 10.6. The molecule has 1 fully saturated rings. The number of aldehydes is 1. The lowest BCUT2D eigenvalue weighted by molar-refractivity contribution is -0.110. The Kier molecular flexibility index (Phi) is 3.54. The largest absolute Gasteiger partial charge is 0.307 e. The first-order valence-corrected chi connectivity index (χ1v) is 6.03. The molecule has 0 saturated carbocycles. The molecule has 0 bridgehead atoms. The number of nitrogens with one attached hydrogen (secondary N) is 1. The van der Waals surface area contributed by atoms with Crippen molar-refractivity contribution in [2.24, 2.45) is 0 Å². The summed E-state index contributed by atoms with van der Waals surface area (Å²) in [4.78, 5) is 10.6. The fraction of sp³-hybridized carbons (Fsp3) is 0.417. The van der Waals surface area contributed by atoms with Crippen LogP contribution in [0.2, 0.25) is 0 Å². The van der Waals surface area contributed by atoms with Gasteiger partial charge in [0.1, 0.15) is 6.29 Å². The smallest absolute Gasteiger partial charge is 0.136 e. The molecule has 1 aliphatic heterocycles. The SMILES string of the molecule is O=CC1CC[C@@H](c2ccc(Br)cc2)CN1. The highest BCUT2D eigenvalue weighted by atomic mass is 79.9. The maximum Gasteiger partial charge on any atom is 0.136 e. The number of carbonyl (C=O) groups excluding carboxylic acids is 1. The third-order valence-corrected chi connectivity index (χ3v) is 3.49. The number of hydrogen-bond donors (Lipinski definition) is 1. The topological polar surface area (TPSA) is 29.1 Å². The van der Waals surface area contributed by atoms with Crippen molar-refractivity contribution in [2.75, 3.05) is 6.54 Å². The van der Waals surface area contributed by atoms with E-state index in [0.29, 0.717) is 5.92 Å². The number of rotatable bonds is 2. The van der Waals surface area contributed by atoms with Crippen LogP contribution >= 0.6 is 15.9 Å². The van der Waals surface area contributed by atoms with Gasteiger partial charge in [0.15, 0.2) is 0 Å². The van der Waals surface area contributed by atoms with Crippen LogP contribution in [0.3, 0.4) is 0 Å². The number of carbonyl (C=O) groups is 1. The summed E-state index contributed by atoms with van der Waals surface area (Å²) in [6.07, 6.45) is 3.06. The lowest BCUT2D eigenvalue weighted by Crippen LogP contribution is -2.38. The van der Waals surface area contributed by atoms with E-state index in [9.17, 15) is 4.79 Å². The molecule has 2 nitrogen and oxygen atoms in total. The monoisotopic (exact) mass is 267 g/mol. The van der Waals surface area contributed by atoms with Gasteiger partial charge in [0.05, 0.1) is 6.04 Å². The molecule has 0 amide bonds. The van der Waals surface area contributed by atoms with Gasteiger partial charge in [-0.3, -0.25) is 0 Å². The van der Waals surface area contributed by atoms with Crippen molar-refractivity contribution in [1.29, 1.82) is 0 Å². The van der Waals surface area contributed by atoms with Gasteiger partial charge in [-0.15, -0.1) is 0 Å². The third-order valence-electron chi connectivity index (χ3n) is 2.96. The Balaban J connectivity index is 2.01. The number of piperidine rings is 1. The summed E-state index contributed by atoms with van der Waals surface area (Å²) in [6, 6.07) is 8.51. The minimum absolute atomic E-state index is 0.0664. The molecule has 1 aromatic rings. The van der Waals surface area contributed by atoms with E-state index in [2.05, 4.69) is 45.5 Å². The summed E-state index contributed by atoms with van der Waals surface area (Å²) >= 11 is 3.43. The fourth-order valence-electron chi connectivity index (χ4n) is 2.01. The number of hydrogen-bond acceptors (Lipinski definition) is 2. The molecule has 1 heterocycles. The lowest BCUT2D eigenvalue weighted by atomic mass is 9.89. The van der Waals surface area contributed by atoms with E-state index in [1.807, 2.05) is 0 Å². The van der Waals surface area contributed by atoms with E-state index in [1.54, 1.807) is 0 Å². The van der Waals surface area contributed by atoms with Crippen LogP contribution in [-0.2, 0) is 4.79 Å². The second kappa shape index (κ2) is 4.90. The van der Waals surface area contributed by atoms with Crippen LogP contribution in [0.1, 0.15) is 24.3 Å². The molecule has 0 aliphatic carbocycles. The summed E-state index contributed by atoms with van der Waals surface area (Å²) in [7, 11) is 0. The Morgan fingerprint density at radius 1 is 1.27 bits per heavy atom. The normalized spacial score (nSPS) is 26.2. The summed E-state index contributed by atoms with van der Waals surface area (Å²) in [5, 5.41) is 3.25. The second-order valence-electron chi connectivity index (χ2n) is 3.98. The summed E-state index contributed by atoms with van der Waals surface area (Å²) in [5.41, 5.74) is 1.36. The molecule has 2 rings (SSSR count). The summed E-state index contributed by atoms with van der Waals surface area (Å²) in [6.45, 7) is 0.908. The fourth-order valence-corrected chi connectivity index (χ4v) is 2.28. The highest BCUT2D eigenvalue weighted by Crippen LogP contribution is 2.25. The van der Waals surface area contributed by atoms with Gasteiger partial charge in [-0.05, 0) is 36.5 Å². The van der Waals surface area contributed by atoms with Crippen LogP contribution in [0.5, 0.6) is 0 Å². The van der Waals surface area contributed by atoms with Crippen molar-refractivity contribution in [3.8, 4) is 0 Å². The van der Waals surface area contributed by atoms with Gasteiger partial charge in [0, 0.05) is 11.0 Å². The first-order valence-electron chi connectivity index (χ1n) is 5.24. The second-order valence-corrected chi connectivity index (χ2v) is 4.89. The van der Waals surface area contributed by atoms with E-state index >= 15 is 0 Å². The first kappa shape index (κ1) is 10.8. The molecular formula is C12H14BrNO. The van der Waals surface area contributed by atoms with Gasteiger partial charge in [-0.2, -0.15) is 0 Å². The molecule has 1 aromatic carbocycles. The zero-order valence-electron chi connectivity index (χ0n) is 8.45. The van der Waals surface area contributed by atoms with Gasteiger partial charge in [-0.25, -0.2) is 0 Å². The van der Waals surface area contributed by atoms with Crippen molar-refractivity contribution >= 4 is 22.2 Å². The van der Waals surface area contributed by atoms with Gasteiger partial charge in [0.25, 0.3) is 0 Å². The molecule has 2 atom stereocenters. The van der Waals surface area contributed by atoms with Crippen molar-refractivity contribution in [3.63, 3.8) is 0 Å². The van der Waals surface area contributed by atoms with Crippen molar-refractivity contribution in [3.05, 3.63) is 34.3 Å². The zero-order chi connectivity index (χ0) is 10.7. The van der Waals surface area contributed by atoms with E-state index in [-0.39, 0.29) is 6.04 Å². The predicted octanol–water partition coefficient (Wildman–Crippen LogP) is 2.48. The Labute approximate surface area is 98.2 Å². The van der Waals surface area contributed by atoms with Crippen molar-refractivity contribution in [1.82, 2.24) is 5.32 Å².